The molecule has 1 aliphatic carbocycles. The Morgan fingerprint density at radius 1 is 1.08 bits per heavy atom. The number of nitrogens with zero attached hydrogens (tertiary/aromatic N) is 1. The Balaban J connectivity index is 1.42. The Hall–Kier alpha value is -4.40. The molecule has 2 N–H and O–H groups in total. The van der Waals surface area contributed by atoms with Crippen LogP contribution >= 0.6 is 0 Å². The first-order valence-electron chi connectivity index (χ1n) is 11.7. The lowest BCUT2D eigenvalue weighted by atomic mass is 10.0. The van der Waals surface area contributed by atoms with Gasteiger partial charge < -0.3 is 19.5 Å². The molecule has 0 radical (unpaired) electrons. The Labute approximate surface area is 207 Å². The quantitative estimate of drug-likeness (QED) is 0.525. The fourth-order valence-electron chi connectivity index (χ4n) is 4.38. The van der Waals surface area contributed by atoms with Crippen LogP contribution in [0, 0.1) is 0 Å². The van der Waals surface area contributed by atoms with Crippen LogP contribution in [0.5, 0.6) is 11.5 Å². The average molecular weight is 488 g/mol. The predicted octanol–water partition coefficient (Wildman–Crippen LogP) is 3.84. The molecular formula is C27H25N3O6. The molecule has 3 aromatic rings. The van der Waals surface area contributed by atoms with Crippen LogP contribution in [0.1, 0.15) is 47.4 Å². The van der Waals surface area contributed by atoms with E-state index in [0.29, 0.717) is 40.8 Å². The molecule has 9 nitrogen and oxygen atoms in total. The molecule has 0 spiro atoms. The van der Waals surface area contributed by atoms with Gasteiger partial charge in [0.2, 0.25) is 6.79 Å². The van der Waals surface area contributed by atoms with Crippen molar-refractivity contribution in [1.82, 2.24) is 15.6 Å². The molecule has 2 aliphatic rings. The Kier molecular flexibility index (Phi) is 6.28. The molecule has 2 aromatic carbocycles. The van der Waals surface area contributed by atoms with Crippen molar-refractivity contribution >= 4 is 40.5 Å². The third-order valence-corrected chi connectivity index (χ3v) is 5.89. The van der Waals surface area contributed by atoms with Crippen molar-refractivity contribution in [3.05, 3.63) is 64.8 Å². The maximum atomic E-state index is 13.2. The maximum absolute atomic E-state index is 13.2. The second-order valence-electron chi connectivity index (χ2n) is 8.87. The number of carbonyl (C=O) groups excluding carboxylic acids is 3. The molecule has 3 amide bonds. The number of allylic oxidation sites excluding steroid dienone is 1. The number of ether oxygens (including phenoxy) is 3. The average Bonchev–Trinajstić information content (AvgIpc) is 3.47. The molecule has 36 heavy (non-hydrogen) atoms. The van der Waals surface area contributed by atoms with E-state index in [-0.39, 0.29) is 12.8 Å². The summed E-state index contributed by atoms with van der Waals surface area (Å²) < 4.78 is 16.2. The van der Waals surface area contributed by atoms with E-state index in [9.17, 15) is 14.4 Å². The number of imide groups is 1. The van der Waals surface area contributed by atoms with Crippen LogP contribution in [-0.2, 0) is 16.0 Å². The minimum atomic E-state index is -0.708. The highest BCUT2D eigenvalue weighted by Crippen LogP contribution is 2.39. The van der Waals surface area contributed by atoms with Gasteiger partial charge in [-0.2, -0.15) is 0 Å². The summed E-state index contributed by atoms with van der Waals surface area (Å²) in [5.41, 5.74) is 4.50. The van der Waals surface area contributed by atoms with E-state index in [2.05, 4.69) is 10.6 Å². The summed E-state index contributed by atoms with van der Waals surface area (Å²) in [4.78, 5) is 41.9. The Bertz CT molecular complexity index is 1410. The molecule has 0 saturated carbocycles. The van der Waals surface area contributed by atoms with Crippen molar-refractivity contribution in [2.24, 2.45) is 0 Å². The van der Waals surface area contributed by atoms with Crippen LogP contribution in [0.25, 0.3) is 22.6 Å². The molecular weight excluding hydrogens is 462 g/mol. The number of esters is 1. The normalized spacial score (nSPS) is 14.7. The molecule has 184 valence electrons. The summed E-state index contributed by atoms with van der Waals surface area (Å²) in [6.07, 6.45) is 3.34. The fraction of sp³-hybridized carbons (Fsp3) is 0.259. The number of benzene rings is 2. The van der Waals surface area contributed by atoms with E-state index in [0.717, 1.165) is 22.4 Å². The minimum absolute atomic E-state index is 0.133. The highest BCUT2D eigenvalue weighted by molar-refractivity contribution is 6.08. The van der Waals surface area contributed by atoms with Gasteiger partial charge in [0.15, 0.2) is 18.1 Å². The van der Waals surface area contributed by atoms with Gasteiger partial charge in [-0.25, -0.2) is 14.6 Å². The number of amides is 3. The number of para-hydroxylation sites is 1. The summed E-state index contributed by atoms with van der Waals surface area (Å²) in [5.74, 6) is 0.0657. The van der Waals surface area contributed by atoms with Gasteiger partial charge in [-0.1, -0.05) is 24.3 Å². The summed E-state index contributed by atoms with van der Waals surface area (Å²) in [5, 5.41) is 5.36. The minimum Gasteiger partial charge on any atom is -0.454 e. The first-order chi connectivity index (χ1) is 17.4. The number of hydrogen-bond acceptors (Lipinski definition) is 7. The van der Waals surface area contributed by atoms with Crippen LogP contribution in [0.15, 0.2) is 42.5 Å². The number of urea groups is 1. The zero-order valence-corrected chi connectivity index (χ0v) is 19.9. The standard InChI is InChI=1S/C27H25N3O6/c1-15(2)28-27(33)30-23(31)13-34-26(32)24-18-5-3-4-6-20(18)29-25-17(8-9-19(24)25)11-16-7-10-21-22(12-16)36-14-35-21/h3-7,10-12,15H,8-9,13-14H2,1-2H3,(H2,28,30,31,33). The van der Waals surface area contributed by atoms with Crippen molar-refractivity contribution in [2.45, 2.75) is 32.7 Å². The molecule has 0 unspecified atom stereocenters. The van der Waals surface area contributed by atoms with Gasteiger partial charge in [-0.15, -0.1) is 0 Å². The molecule has 1 aromatic heterocycles. The third kappa shape index (κ3) is 4.72. The van der Waals surface area contributed by atoms with Crippen molar-refractivity contribution in [3.8, 4) is 11.5 Å². The third-order valence-electron chi connectivity index (χ3n) is 5.89. The molecule has 0 atom stereocenters. The van der Waals surface area contributed by atoms with Gasteiger partial charge in [0, 0.05) is 11.4 Å². The number of rotatable bonds is 5. The number of carbonyl (C=O) groups is 3. The summed E-state index contributed by atoms with van der Waals surface area (Å²) in [6, 6.07) is 12.3. The zero-order chi connectivity index (χ0) is 25.2. The molecule has 0 fully saturated rings. The lowest BCUT2D eigenvalue weighted by molar-refractivity contribution is -0.123. The van der Waals surface area contributed by atoms with Gasteiger partial charge in [0.25, 0.3) is 5.91 Å². The van der Waals surface area contributed by atoms with Crippen LogP contribution in [0.4, 0.5) is 4.79 Å². The smallest absolute Gasteiger partial charge is 0.339 e. The second-order valence-corrected chi connectivity index (χ2v) is 8.87. The van der Waals surface area contributed by atoms with Gasteiger partial charge in [-0.3, -0.25) is 10.1 Å². The monoisotopic (exact) mass is 487 g/mol. The van der Waals surface area contributed by atoms with Gasteiger partial charge in [0.05, 0.1) is 16.8 Å². The number of nitrogens with one attached hydrogen (secondary N) is 2. The zero-order valence-electron chi connectivity index (χ0n) is 19.9. The number of fused-ring (bicyclic) bond motifs is 3. The van der Waals surface area contributed by atoms with E-state index in [1.165, 1.54) is 0 Å². The lowest BCUT2D eigenvalue weighted by Gasteiger charge is -2.13. The summed E-state index contributed by atoms with van der Waals surface area (Å²) in [7, 11) is 0. The van der Waals surface area contributed by atoms with Gasteiger partial charge in [-0.05, 0) is 67.7 Å². The first-order valence-corrected chi connectivity index (χ1v) is 11.7. The van der Waals surface area contributed by atoms with E-state index >= 15 is 0 Å². The maximum Gasteiger partial charge on any atom is 0.339 e. The number of hydrogen-bond donors (Lipinski definition) is 2. The molecule has 2 heterocycles. The molecule has 9 heteroatoms. The van der Waals surface area contributed by atoms with Crippen molar-refractivity contribution in [3.63, 3.8) is 0 Å². The van der Waals surface area contributed by atoms with Crippen LogP contribution in [0.3, 0.4) is 0 Å². The first kappa shape index (κ1) is 23.3. The lowest BCUT2D eigenvalue weighted by Crippen LogP contribution is -2.44. The van der Waals surface area contributed by atoms with E-state index in [1.807, 2.05) is 48.5 Å². The number of aromatic nitrogens is 1. The largest absolute Gasteiger partial charge is 0.454 e. The fourth-order valence-corrected chi connectivity index (χ4v) is 4.38. The van der Waals surface area contributed by atoms with E-state index in [4.69, 9.17) is 19.2 Å². The Morgan fingerprint density at radius 3 is 2.72 bits per heavy atom. The van der Waals surface area contributed by atoms with E-state index < -0.39 is 24.5 Å². The van der Waals surface area contributed by atoms with E-state index in [1.54, 1.807) is 13.8 Å². The highest BCUT2D eigenvalue weighted by atomic mass is 16.7. The summed E-state index contributed by atoms with van der Waals surface area (Å²) >= 11 is 0. The second kappa shape index (κ2) is 9.69. The highest BCUT2D eigenvalue weighted by Gasteiger charge is 2.28. The number of pyridine rings is 1. The van der Waals surface area contributed by atoms with Crippen molar-refractivity contribution in [1.29, 1.82) is 0 Å². The van der Waals surface area contributed by atoms with Gasteiger partial charge in [0.1, 0.15) is 0 Å². The van der Waals surface area contributed by atoms with Crippen LogP contribution in [-0.4, -0.2) is 42.3 Å². The summed E-state index contributed by atoms with van der Waals surface area (Å²) in [6.45, 7) is 3.18. The molecule has 0 bridgehead atoms. The Morgan fingerprint density at radius 2 is 1.89 bits per heavy atom. The molecule has 1 aliphatic heterocycles. The predicted molar refractivity (Wildman–Crippen MR) is 133 cm³/mol. The topological polar surface area (TPSA) is 116 Å². The van der Waals surface area contributed by atoms with Crippen LogP contribution in [0.2, 0.25) is 0 Å². The molecule has 0 saturated heterocycles. The van der Waals surface area contributed by atoms with Crippen LogP contribution < -0.4 is 20.1 Å². The van der Waals surface area contributed by atoms with Crippen molar-refractivity contribution in [2.75, 3.05) is 13.4 Å². The SMILES string of the molecule is CC(C)NC(=O)NC(=O)COC(=O)c1c2c(nc3ccccc13)C(=Cc1ccc3c(c1)OCO3)CC2. The van der Waals surface area contributed by atoms with Crippen molar-refractivity contribution < 1.29 is 28.6 Å². The van der Waals surface area contributed by atoms with Gasteiger partial charge >= 0.3 is 12.0 Å². The molecule has 5 rings (SSSR count).